The molecule has 8 heteroatoms. The van der Waals surface area contributed by atoms with Crippen molar-refractivity contribution in [1.82, 2.24) is 0 Å². The third-order valence-electron chi connectivity index (χ3n) is 2.60. The van der Waals surface area contributed by atoms with Gasteiger partial charge >= 0.3 is 0 Å². The largest absolute Gasteiger partial charge is 0.399 e. The Balaban J connectivity index is 2.85. The van der Waals surface area contributed by atoms with Gasteiger partial charge in [-0.1, -0.05) is 18.5 Å². The Morgan fingerprint density at radius 1 is 1.16 bits per heavy atom. The first kappa shape index (κ1) is 16.3. The van der Waals surface area contributed by atoms with Crippen molar-refractivity contribution in [2.45, 2.75) is 18.2 Å². The Hall–Kier alpha value is -0.790. The molecule has 0 radical (unpaired) electrons. The summed E-state index contributed by atoms with van der Waals surface area (Å²) in [5.74, 6) is -0.413. The first-order valence-corrected chi connectivity index (χ1v) is 9.51. The molecule has 0 bridgehead atoms. The van der Waals surface area contributed by atoms with Gasteiger partial charge in [0.05, 0.1) is 21.4 Å². The molecule has 1 aromatic carbocycles. The summed E-state index contributed by atoms with van der Waals surface area (Å²) in [4.78, 5) is -0.0527. The molecule has 5 nitrogen and oxygen atoms in total. The van der Waals surface area contributed by atoms with E-state index >= 15 is 0 Å². The smallest absolute Gasteiger partial charge is 0.179 e. The number of hydrogen-bond acceptors (Lipinski definition) is 5. The fraction of sp³-hybridized carbons (Fsp3) is 0.455. The molecule has 0 amide bonds. The van der Waals surface area contributed by atoms with Crippen LogP contribution in [0.4, 0.5) is 5.69 Å². The van der Waals surface area contributed by atoms with E-state index < -0.39 is 19.7 Å². The van der Waals surface area contributed by atoms with Gasteiger partial charge in [-0.05, 0) is 24.6 Å². The number of nitrogens with two attached hydrogens (primary N) is 1. The fourth-order valence-electron chi connectivity index (χ4n) is 1.48. The fourth-order valence-corrected chi connectivity index (χ4v) is 4.43. The van der Waals surface area contributed by atoms with E-state index in [2.05, 4.69) is 0 Å². The molecule has 0 heterocycles. The Labute approximate surface area is 118 Å². The third kappa shape index (κ3) is 4.67. The van der Waals surface area contributed by atoms with Crippen LogP contribution in [-0.2, 0) is 19.7 Å². The van der Waals surface area contributed by atoms with Crippen LogP contribution in [0.15, 0.2) is 23.1 Å². The Bertz CT molecular complexity index is 653. The maximum Gasteiger partial charge on any atom is 0.179 e. The highest BCUT2D eigenvalue weighted by atomic mass is 35.5. The van der Waals surface area contributed by atoms with E-state index in [1.54, 1.807) is 0 Å². The van der Waals surface area contributed by atoms with Crippen LogP contribution in [0.5, 0.6) is 0 Å². The molecule has 0 atom stereocenters. The lowest BCUT2D eigenvalue weighted by Gasteiger charge is -2.07. The van der Waals surface area contributed by atoms with Gasteiger partial charge in [0.1, 0.15) is 9.84 Å². The average Bonchev–Trinajstić information content (AvgIpc) is 2.31. The van der Waals surface area contributed by atoms with Gasteiger partial charge in [-0.3, -0.25) is 0 Å². The summed E-state index contributed by atoms with van der Waals surface area (Å²) in [5, 5.41) is 0.0903. The van der Waals surface area contributed by atoms with Crippen LogP contribution in [-0.4, -0.2) is 34.1 Å². The van der Waals surface area contributed by atoms with Crippen molar-refractivity contribution in [3.8, 4) is 0 Å². The molecule has 1 rings (SSSR count). The third-order valence-corrected chi connectivity index (χ3v) is 6.66. The predicted molar refractivity (Wildman–Crippen MR) is 76.9 cm³/mol. The van der Waals surface area contributed by atoms with Crippen molar-refractivity contribution in [3.05, 3.63) is 23.2 Å². The zero-order valence-electron chi connectivity index (χ0n) is 10.5. The van der Waals surface area contributed by atoms with E-state index in [0.717, 1.165) is 0 Å². The number of sulfone groups is 2. The van der Waals surface area contributed by atoms with Crippen molar-refractivity contribution in [1.29, 1.82) is 0 Å². The maximum atomic E-state index is 12.0. The van der Waals surface area contributed by atoms with Crippen LogP contribution in [0.2, 0.25) is 5.02 Å². The second kappa shape index (κ2) is 6.11. The predicted octanol–water partition coefficient (Wildman–Crippen LogP) is 1.52. The monoisotopic (exact) mass is 325 g/mol. The zero-order valence-corrected chi connectivity index (χ0v) is 12.9. The topological polar surface area (TPSA) is 94.3 Å². The van der Waals surface area contributed by atoms with Gasteiger partial charge in [0, 0.05) is 11.4 Å². The Morgan fingerprint density at radius 2 is 1.79 bits per heavy atom. The quantitative estimate of drug-likeness (QED) is 0.800. The minimum Gasteiger partial charge on any atom is -0.399 e. The van der Waals surface area contributed by atoms with Crippen molar-refractivity contribution < 1.29 is 16.8 Å². The highest BCUT2D eigenvalue weighted by molar-refractivity contribution is 7.92. The molecular weight excluding hydrogens is 310 g/mol. The average molecular weight is 326 g/mol. The van der Waals surface area contributed by atoms with Crippen molar-refractivity contribution in [2.75, 3.05) is 23.0 Å². The first-order valence-electron chi connectivity index (χ1n) is 5.66. The molecule has 0 aliphatic carbocycles. The van der Waals surface area contributed by atoms with Gasteiger partial charge in [0.15, 0.2) is 9.84 Å². The van der Waals surface area contributed by atoms with Crippen molar-refractivity contribution in [3.63, 3.8) is 0 Å². The second-order valence-electron chi connectivity index (χ2n) is 4.10. The lowest BCUT2D eigenvalue weighted by molar-refractivity contribution is 0.590. The molecule has 2 N–H and O–H groups in total. The van der Waals surface area contributed by atoms with E-state index in [-0.39, 0.29) is 33.6 Å². The highest BCUT2D eigenvalue weighted by Gasteiger charge is 2.19. The molecule has 19 heavy (non-hydrogen) atoms. The molecule has 0 saturated carbocycles. The van der Waals surface area contributed by atoms with Gasteiger partial charge in [-0.25, -0.2) is 16.8 Å². The number of benzene rings is 1. The highest BCUT2D eigenvalue weighted by Crippen LogP contribution is 2.25. The lowest BCUT2D eigenvalue weighted by atomic mass is 10.3. The van der Waals surface area contributed by atoms with Gasteiger partial charge in [0.25, 0.3) is 0 Å². The molecule has 0 spiro atoms. The molecule has 0 unspecified atom stereocenters. The van der Waals surface area contributed by atoms with Crippen LogP contribution in [0.3, 0.4) is 0 Å². The van der Waals surface area contributed by atoms with Crippen LogP contribution in [0.1, 0.15) is 13.3 Å². The maximum absolute atomic E-state index is 12.0. The summed E-state index contributed by atoms with van der Waals surface area (Å²) >= 11 is 5.82. The number of halogens is 1. The molecule has 108 valence electrons. The number of hydrogen-bond donors (Lipinski definition) is 1. The summed E-state index contributed by atoms with van der Waals surface area (Å²) < 4.78 is 46.7. The minimum absolute atomic E-state index is 0.00604. The molecule has 0 aliphatic heterocycles. The van der Waals surface area contributed by atoms with Crippen molar-refractivity contribution >= 4 is 37.0 Å². The normalized spacial score (nSPS) is 12.5. The number of rotatable bonds is 6. The molecule has 0 fully saturated rings. The van der Waals surface area contributed by atoms with Gasteiger partial charge in [-0.15, -0.1) is 0 Å². The SMILES string of the molecule is CCS(=O)(=O)CCCS(=O)(=O)c1cc(N)ccc1Cl. The Morgan fingerprint density at radius 3 is 2.37 bits per heavy atom. The zero-order chi connectivity index (χ0) is 14.7. The number of nitrogen functional groups attached to an aromatic ring is 1. The van der Waals surface area contributed by atoms with Crippen LogP contribution >= 0.6 is 11.6 Å². The first-order chi connectivity index (χ1) is 8.68. The summed E-state index contributed by atoms with van der Waals surface area (Å²) in [6, 6.07) is 4.20. The lowest BCUT2D eigenvalue weighted by Crippen LogP contribution is -2.14. The van der Waals surface area contributed by atoms with E-state index in [9.17, 15) is 16.8 Å². The second-order valence-corrected chi connectivity index (χ2v) is 9.06. The Kier molecular flexibility index (Phi) is 5.23. The molecule has 0 saturated heterocycles. The van der Waals surface area contributed by atoms with Crippen molar-refractivity contribution in [2.24, 2.45) is 0 Å². The standard InChI is InChI=1S/C11H16ClNO4S2/c1-2-18(14,15)6-3-7-19(16,17)11-8-9(13)4-5-10(11)12/h4-5,8H,2-3,6-7,13H2,1H3. The van der Waals surface area contributed by atoms with Crippen LogP contribution < -0.4 is 5.73 Å². The van der Waals surface area contributed by atoms with E-state index in [0.29, 0.717) is 5.69 Å². The molecule has 0 aliphatic rings. The summed E-state index contributed by atoms with van der Waals surface area (Å²) in [5.41, 5.74) is 5.82. The molecule has 0 aromatic heterocycles. The number of anilines is 1. The summed E-state index contributed by atoms with van der Waals surface area (Å²) in [6.45, 7) is 1.53. The van der Waals surface area contributed by atoms with E-state index in [4.69, 9.17) is 17.3 Å². The van der Waals surface area contributed by atoms with E-state index in [1.165, 1.54) is 25.1 Å². The summed E-state index contributed by atoms with van der Waals surface area (Å²) in [7, 11) is -6.79. The van der Waals surface area contributed by atoms with Crippen LogP contribution in [0, 0.1) is 0 Å². The minimum atomic E-state index is -3.62. The molecular formula is C11H16ClNO4S2. The summed E-state index contributed by atoms with van der Waals surface area (Å²) in [6.07, 6.45) is 0.0453. The van der Waals surface area contributed by atoms with Crippen LogP contribution in [0.25, 0.3) is 0 Å². The van der Waals surface area contributed by atoms with Gasteiger partial charge < -0.3 is 5.73 Å². The van der Waals surface area contributed by atoms with Gasteiger partial charge in [-0.2, -0.15) is 0 Å². The van der Waals surface area contributed by atoms with Gasteiger partial charge in [0.2, 0.25) is 0 Å². The molecule has 1 aromatic rings. The van der Waals surface area contributed by atoms with E-state index in [1.807, 2.05) is 0 Å².